The number of fused-ring (bicyclic) bond motifs is 1. The summed E-state index contributed by atoms with van der Waals surface area (Å²) in [5, 5.41) is 0. The Bertz CT molecular complexity index is 929. The third-order valence-corrected chi connectivity index (χ3v) is 10.7. The van der Waals surface area contributed by atoms with Crippen molar-refractivity contribution in [2.75, 3.05) is 79.8 Å². The van der Waals surface area contributed by atoms with E-state index in [0.717, 1.165) is 57.8 Å². The van der Waals surface area contributed by atoms with Crippen molar-refractivity contribution in [1.29, 1.82) is 0 Å². The van der Waals surface area contributed by atoms with Crippen LogP contribution >= 0.6 is 0 Å². The Balaban J connectivity index is 1.34. The Hall–Kier alpha value is -1.78. The zero-order chi connectivity index (χ0) is 32.0. The molecule has 0 N–H and O–H groups in total. The van der Waals surface area contributed by atoms with Crippen LogP contribution in [0.5, 0.6) is 0 Å². The zero-order valence-corrected chi connectivity index (χ0v) is 27.7. The highest BCUT2D eigenvalue weighted by atomic mass is 16.5. The van der Waals surface area contributed by atoms with E-state index in [-0.39, 0.29) is 63.4 Å². The minimum Gasteiger partial charge on any atom is -0.381 e. The predicted octanol–water partition coefficient (Wildman–Crippen LogP) is 3.29. The number of nitrogens with zero attached hydrogens (tertiary/aromatic N) is 4. The number of hydrogen-bond donors (Lipinski definition) is 0. The molecule has 14 heteroatoms. The molecule has 6 rings (SSSR count). The molecule has 14 nitrogen and oxygen atoms in total. The molecule has 0 unspecified atom stereocenters. The van der Waals surface area contributed by atoms with Crippen molar-refractivity contribution >= 4 is 12.1 Å². The topological polar surface area (TPSA) is 121 Å². The van der Waals surface area contributed by atoms with Crippen molar-refractivity contribution in [2.45, 2.75) is 114 Å². The van der Waals surface area contributed by atoms with Crippen LogP contribution in [0.1, 0.15) is 78.1 Å². The molecule has 262 valence electrons. The first-order valence-corrected chi connectivity index (χ1v) is 17.4. The van der Waals surface area contributed by atoms with E-state index in [1.54, 1.807) is 19.6 Å². The van der Waals surface area contributed by atoms with Gasteiger partial charge in [-0.15, -0.1) is 0 Å². The van der Waals surface area contributed by atoms with Crippen molar-refractivity contribution in [3.63, 3.8) is 0 Å². The number of carbonyl (C=O) groups excluding carboxylic acids is 2. The molecule has 6 aliphatic rings. The highest BCUT2D eigenvalue weighted by Gasteiger charge is 2.76. The van der Waals surface area contributed by atoms with Gasteiger partial charge in [-0.3, -0.25) is 19.6 Å². The highest BCUT2D eigenvalue weighted by Crippen LogP contribution is 2.54. The number of urea groups is 2. The average molecular weight is 655 g/mol. The number of rotatable bonds is 14. The number of carbonyl (C=O) groups is 2. The van der Waals surface area contributed by atoms with Crippen LogP contribution in [-0.4, -0.2) is 147 Å². The van der Waals surface area contributed by atoms with Gasteiger partial charge in [0, 0.05) is 52.9 Å². The van der Waals surface area contributed by atoms with Gasteiger partial charge in [0.2, 0.25) is 0 Å². The van der Waals surface area contributed by atoms with Gasteiger partial charge < -0.3 is 37.9 Å². The molecule has 0 aliphatic carbocycles. The Kier molecular flexibility index (Phi) is 11.6. The van der Waals surface area contributed by atoms with Gasteiger partial charge in [0.05, 0.1) is 24.4 Å². The first kappa shape index (κ1) is 34.1. The molecule has 6 fully saturated rings. The molecule has 0 atom stereocenters. The van der Waals surface area contributed by atoms with Crippen LogP contribution in [0.25, 0.3) is 0 Å². The quantitative estimate of drug-likeness (QED) is 0.276. The van der Waals surface area contributed by atoms with Gasteiger partial charge in [-0.2, -0.15) is 0 Å². The lowest BCUT2D eigenvalue weighted by molar-refractivity contribution is -0.166. The molecule has 46 heavy (non-hydrogen) atoms. The third-order valence-electron chi connectivity index (χ3n) is 10.7. The molecule has 6 aliphatic heterocycles. The second kappa shape index (κ2) is 15.6. The van der Waals surface area contributed by atoms with E-state index < -0.39 is 11.3 Å². The van der Waals surface area contributed by atoms with Gasteiger partial charge in [0.25, 0.3) is 0 Å². The van der Waals surface area contributed by atoms with Crippen molar-refractivity contribution in [3.8, 4) is 0 Å². The summed E-state index contributed by atoms with van der Waals surface area (Å²) in [4.78, 5) is 36.4. The SMILES string of the molecule is CCCC12N(COC3CCOCC3)C(=O)N(COC3CCOCC3)C1(C)N(COC1CCOCC1)C(=O)N2COC1CCOCC1. The van der Waals surface area contributed by atoms with Crippen LogP contribution in [0, 0.1) is 0 Å². The van der Waals surface area contributed by atoms with Gasteiger partial charge >= 0.3 is 12.1 Å². The molecule has 0 aromatic rings. The largest absolute Gasteiger partial charge is 0.381 e. The predicted molar refractivity (Wildman–Crippen MR) is 163 cm³/mol. The third kappa shape index (κ3) is 6.73. The minimum absolute atomic E-state index is 0.0315. The lowest BCUT2D eigenvalue weighted by Crippen LogP contribution is -2.67. The fraction of sp³-hybridized carbons (Fsp3) is 0.938. The molecule has 0 aromatic heterocycles. The first-order valence-electron chi connectivity index (χ1n) is 17.4. The fourth-order valence-electron chi connectivity index (χ4n) is 7.85. The molecule has 0 radical (unpaired) electrons. The first-order chi connectivity index (χ1) is 22.5. The molecule has 0 bridgehead atoms. The molecular weight excluding hydrogens is 600 g/mol. The Morgan fingerprint density at radius 3 is 1.11 bits per heavy atom. The number of hydrogen-bond acceptors (Lipinski definition) is 10. The summed E-state index contributed by atoms with van der Waals surface area (Å²) in [6.07, 6.45) is 7.20. The monoisotopic (exact) mass is 654 g/mol. The standard InChI is InChI=1S/C32H54N4O10/c1-3-12-32-31(2,33(21-43-25-4-13-39-14-5-25)29(37)35(32)23-45-27-8-17-41-18-9-27)34(22-44-26-6-15-40-16-7-26)30(38)36(32)24-46-28-10-19-42-20-11-28/h25-28H,3-24H2,1-2H3. The molecule has 6 heterocycles. The summed E-state index contributed by atoms with van der Waals surface area (Å²) >= 11 is 0. The molecule has 0 saturated carbocycles. The maximum atomic E-state index is 14.7. The van der Waals surface area contributed by atoms with Crippen LogP contribution in [0.15, 0.2) is 0 Å². The number of amides is 4. The molecule has 6 saturated heterocycles. The molecule has 0 aromatic carbocycles. The molecule has 0 spiro atoms. The number of ether oxygens (including phenoxy) is 8. The maximum Gasteiger partial charge on any atom is 0.327 e. The molecular formula is C32H54N4O10. The summed E-state index contributed by atoms with van der Waals surface area (Å²) < 4.78 is 48.0. The summed E-state index contributed by atoms with van der Waals surface area (Å²) in [5.74, 6) is 0. The van der Waals surface area contributed by atoms with E-state index in [4.69, 9.17) is 37.9 Å². The van der Waals surface area contributed by atoms with E-state index >= 15 is 0 Å². The van der Waals surface area contributed by atoms with Crippen molar-refractivity contribution < 1.29 is 47.5 Å². The van der Waals surface area contributed by atoms with Crippen molar-refractivity contribution in [1.82, 2.24) is 19.6 Å². The average Bonchev–Trinajstić information content (AvgIpc) is 3.38. The van der Waals surface area contributed by atoms with Gasteiger partial charge in [0.1, 0.15) is 26.9 Å². The van der Waals surface area contributed by atoms with Crippen molar-refractivity contribution in [2.24, 2.45) is 0 Å². The van der Waals surface area contributed by atoms with Gasteiger partial charge in [-0.05, 0) is 64.7 Å². The lowest BCUT2D eigenvalue weighted by atomic mass is 9.89. The normalized spacial score (nSPS) is 31.0. The van der Waals surface area contributed by atoms with Crippen LogP contribution in [0.4, 0.5) is 9.59 Å². The van der Waals surface area contributed by atoms with Gasteiger partial charge in [0.15, 0.2) is 11.3 Å². The Morgan fingerprint density at radius 2 is 0.826 bits per heavy atom. The second-order valence-corrected chi connectivity index (χ2v) is 13.3. The Labute approximate surface area is 272 Å². The van der Waals surface area contributed by atoms with Gasteiger partial charge in [-0.1, -0.05) is 13.3 Å². The second-order valence-electron chi connectivity index (χ2n) is 13.3. The zero-order valence-electron chi connectivity index (χ0n) is 27.7. The lowest BCUT2D eigenvalue weighted by Gasteiger charge is -2.48. The van der Waals surface area contributed by atoms with Crippen LogP contribution < -0.4 is 0 Å². The van der Waals surface area contributed by atoms with Crippen LogP contribution in [0.2, 0.25) is 0 Å². The summed E-state index contributed by atoms with van der Waals surface area (Å²) in [6.45, 7) is 9.25. The van der Waals surface area contributed by atoms with E-state index in [1.165, 1.54) is 0 Å². The van der Waals surface area contributed by atoms with Crippen LogP contribution in [-0.2, 0) is 37.9 Å². The van der Waals surface area contributed by atoms with Crippen LogP contribution in [0.3, 0.4) is 0 Å². The Morgan fingerprint density at radius 1 is 0.543 bits per heavy atom. The summed E-state index contributed by atoms with van der Waals surface area (Å²) in [5.41, 5.74) is -2.23. The smallest absolute Gasteiger partial charge is 0.327 e. The minimum atomic E-state index is -1.13. The molecule has 4 amide bonds. The van der Waals surface area contributed by atoms with E-state index in [1.807, 2.05) is 6.92 Å². The van der Waals surface area contributed by atoms with Gasteiger partial charge in [-0.25, -0.2) is 9.59 Å². The van der Waals surface area contributed by atoms with E-state index in [0.29, 0.717) is 59.3 Å². The maximum absolute atomic E-state index is 14.7. The highest BCUT2D eigenvalue weighted by molar-refractivity contribution is 5.88. The van der Waals surface area contributed by atoms with E-state index in [9.17, 15) is 9.59 Å². The summed E-state index contributed by atoms with van der Waals surface area (Å²) in [7, 11) is 0. The summed E-state index contributed by atoms with van der Waals surface area (Å²) in [6, 6.07) is -0.454. The van der Waals surface area contributed by atoms with E-state index in [2.05, 4.69) is 6.92 Å². The fourth-order valence-corrected chi connectivity index (χ4v) is 7.85. The van der Waals surface area contributed by atoms with Crippen molar-refractivity contribution in [3.05, 3.63) is 0 Å².